The van der Waals surface area contributed by atoms with Gasteiger partial charge in [-0.1, -0.05) is 0 Å². The lowest BCUT2D eigenvalue weighted by molar-refractivity contribution is 0.395. The number of aryl methyl sites for hydroxylation is 1. The summed E-state index contributed by atoms with van der Waals surface area (Å²) in [6, 6.07) is 8.98. The molecule has 0 spiro atoms. The van der Waals surface area contributed by atoms with Crippen molar-refractivity contribution in [2.75, 3.05) is 26.2 Å². The second-order valence-electron chi connectivity index (χ2n) is 5.26. The van der Waals surface area contributed by atoms with Gasteiger partial charge in [-0.05, 0) is 30.6 Å². The first kappa shape index (κ1) is 16.4. The Morgan fingerprint density at radius 3 is 2.75 bits per heavy atom. The van der Waals surface area contributed by atoms with Gasteiger partial charge in [-0.15, -0.1) is 0 Å². The lowest BCUT2D eigenvalue weighted by Crippen LogP contribution is -2.15. The maximum absolute atomic E-state index is 12.3. The summed E-state index contributed by atoms with van der Waals surface area (Å²) in [5.74, 6) is 2.31. The lowest BCUT2D eigenvalue weighted by atomic mass is 10.1. The number of rotatable bonds is 6. The molecule has 2 heterocycles. The molecule has 1 N–H and O–H groups in total. The van der Waals surface area contributed by atoms with E-state index in [-0.39, 0.29) is 5.56 Å². The van der Waals surface area contributed by atoms with Crippen molar-refractivity contribution in [3.05, 3.63) is 46.4 Å². The zero-order valence-electron chi connectivity index (χ0n) is 13.8. The number of hydrogen-bond acceptors (Lipinski definition) is 5. The Bertz CT molecular complexity index is 917. The lowest BCUT2D eigenvalue weighted by Gasteiger charge is -2.08. The van der Waals surface area contributed by atoms with E-state index in [1.54, 1.807) is 38.1 Å². The molecule has 3 aromatic rings. The summed E-state index contributed by atoms with van der Waals surface area (Å²) in [7, 11) is 3.21. The molecular formula is C17H19N3O3S. The van der Waals surface area contributed by atoms with Gasteiger partial charge in [-0.2, -0.15) is 11.8 Å². The largest absolute Gasteiger partial charge is 0.497 e. The average Bonchev–Trinajstić information content (AvgIpc) is 3.03. The summed E-state index contributed by atoms with van der Waals surface area (Å²) in [5, 5.41) is 3.09. The van der Waals surface area contributed by atoms with Crippen LogP contribution in [0.4, 0.5) is 0 Å². The van der Waals surface area contributed by atoms with Gasteiger partial charge in [-0.25, -0.2) is 9.50 Å². The summed E-state index contributed by atoms with van der Waals surface area (Å²) < 4.78 is 12.1. The number of hydrogen-bond donors (Lipinski definition) is 1. The fourth-order valence-electron chi connectivity index (χ4n) is 2.53. The summed E-state index contributed by atoms with van der Waals surface area (Å²) >= 11 is 1.73. The van der Waals surface area contributed by atoms with Crippen LogP contribution in [0.2, 0.25) is 0 Å². The quantitative estimate of drug-likeness (QED) is 0.744. The minimum absolute atomic E-state index is 0.116. The van der Waals surface area contributed by atoms with Crippen molar-refractivity contribution >= 4 is 17.4 Å². The van der Waals surface area contributed by atoms with Crippen molar-refractivity contribution in [2.24, 2.45) is 0 Å². The third-order valence-corrected chi connectivity index (χ3v) is 4.38. The molecule has 0 fully saturated rings. The molecule has 0 saturated carbocycles. The second-order valence-corrected chi connectivity index (χ2v) is 6.24. The fourth-order valence-corrected chi connectivity index (χ4v) is 2.95. The van der Waals surface area contributed by atoms with E-state index in [0.29, 0.717) is 17.1 Å². The van der Waals surface area contributed by atoms with E-state index in [9.17, 15) is 4.79 Å². The number of ether oxygens (including phenoxy) is 2. The van der Waals surface area contributed by atoms with Crippen molar-refractivity contribution in [3.8, 4) is 22.8 Å². The van der Waals surface area contributed by atoms with Gasteiger partial charge in [0.05, 0.1) is 19.9 Å². The maximum atomic E-state index is 12.3. The molecule has 24 heavy (non-hydrogen) atoms. The van der Waals surface area contributed by atoms with Crippen LogP contribution in [0.5, 0.6) is 11.5 Å². The number of thioether (sulfide) groups is 1. The van der Waals surface area contributed by atoms with E-state index in [1.165, 1.54) is 4.52 Å². The van der Waals surface area contributed by atoms with E-state index in [2.05, 4.69) is 10.1 Å². The molecule has 0 amide bonds. The molecule has 0 unspecified atom stereocenters. The van der Waals surface area contributed by atoms with Crippen LogP contribution in [0.25, 0.3) is 16.9 Å². The molecule has 126 valence electrons. The number of aromatic amines is 1. The molecule has 7 heteroatoms. The number of benzene rings is 1. The molecule has 0 aliphatic carbocycles. The molecule has 2 aromatic heterocycles. The van der Waals surface area contributed by atoms with Gasteiger partial charge in [-0.3, -0.25) is 9.89 Å². The molecule has 1 aromatic carbocycles. The Morgan fingerprint density at radius 2 is 2.04 bits per heavy atom. The van der Waals surface area contributed by atoms with Crippen LogP contribution in [-0.4, -0.2) is 40.8 Å². The average molecular weight is 345 g/mol. The predicted molar refractivity (Wildman–Crippen MR) is 96.4 cm³/mol. The third-order valence-electron chi connectivity index (χ3n) is 3.76. The van der Waals surface area contributed by atoms with Gasteiger partial charge in [0.1, 0.15) is 11.5 Å². The van der Waals surface area contributed by atoms with Gasteiger partial charge in [0.25, 0.3) is 5.56 Å². The topological polar surface area (TPSA) is 68.6 Å². The Kier molecular flexibility index (Phi) is 4.80. The zero-order valence-corrected chi connectivity index (χ0v) is 14.6. The first-order valence-electron chi connectivity index (χ1n) is 7.49. The predicted octanol–water partition coefficient (Wildman–Crippen LogP) is 2.61. The monoisotopic (exact) mass is 345 g/mol. The zero-order chi connectivity index (χ0) is 17.1. The Labute approximate surface area is 143 Å². The fraction of sp³-hybridized carbons (Fsp3) is 0.294. The van der Waals surface area contributed by atoms with E-state index in [4.69, 9.17) is 9.47 Å². The summed E-state index contributed by atoms with van der Waals surface area (Å²) in [6.45, 7) is 0. The van der Waals surface area contributed by atoms with E-state index >= 15 is 0 Å². The van der Waals surface area contributed by atoms with E-state index in [0.717, 1.165) is 29.1 Å². The Hall–Kier alpha value is -2.41. The van der Waals surface area contributed by atoms with Crippen LogP contribution >= 0.6 is 11.8 Å². The number of fused-ring (bicyclic) bond motifs is 1. The second kappa shape index (κ2) is 7.00. The first-order chi connectivity index (χ1) is 11.7. The summed E-state index contributed by atoms with van der Waals surface area (Å²) in [5.41, 5.74) is 2.90. The van der Waals surface area contributed by atoms with Crippen molar-refractivity contribution in [1.29, 1.82) is 0 Å². The van der Waals surface area contributed by atoms with Crippen LogP contribution in [-0.2, 0) is 6.42 Å². The third kappa shape index (κ3) is 3.12. The molecule has 0 aliphatic heterocycles. The van der Waals surface area contributed by atoms with Crippen molar-refractivity contribution in [1.82, 2.24) is 14.6 Å². The highest BCUT2D eigenvalue weighted by Crippen LogP contribution is 2.32. The molecular weight excluding hydrogens is 326 g/mol. The van der Waals surface area contributed by atoms with Crippen molar-refractivity contribution in [2.45, 2.75) is 6.42 Å². The van der Waals surface area contributed by atoms with Gasteiger partial charge >= 0.3 is 0 Å². The smallest absolute Gasteiger partial charge is 0.272 e. The molecule has 3 rings (SSSR count). The number of methoxy groups -OCH3 is 2. The molecule has 0 saturated heterocycles. The first-order valence-corrected chi connectivity index (χ1v) is 8.88. The minimum Gasteiger partial charge on any atom is -0.497 e. The van der Waals surface area contributed by atoms with Crippen molar-refractivity contribution in [3.63, 3.8) is 0 Å². The number of nitrogens with one attached hydrogen (secondary N) is 1. The number of nitrogens with zero attached hydrogens (tertiary/aromatic N) is 2. The normalized spacial score (nSPS) is 11.0. The van der Waals surface area contributed by atoms with Gasteiger partial charge < -0.3 is 9.47 Å². The van der Waals surface area contributed by atoms with Crippen LogP contribution in [0.3, 0.4) is 0 Å². The Morgan fingerprint density at radius 1 is 1.21 bits per heavy atom. The standard InChI is InChI=1S/C17H19N3O3S/c1-22-12-4-5-13(15(9-12)23-2)14-10-16-18-11(6-7-24-3)8-17(21)20(16)19-14/h4-5,8-10,19H,6-7H2,1-3H3. The highest BCUT2D eigenvalue weighted by atomic mass is 32.2. The van der Waals surface area contributed by atoms with E-state index in [1.807, 2.05) is 24.5 Å². The van der Waals surface area contributed by atoms with E-state index < -0.39 is 0 Å². The molecule has 0 atom stereocenters. The minimum atomic E-state index is -0.116. The molecule has 0 aliphatic rings. The van der Waals surface area contributed by atoms with Gasteiger partial charge in [0.15, 0.2) is 5.65 Å². The van der Waals surface area contributed by atoms with Crippen LogP contribution in [0, 0.1) is 0 Å². The molecule has 6 nitrogen and oxygen atoms in total. The maximum Gasteiger partial charge on any atom is 0.272 e. The van der Waals surface area contributed by atoms with Gasteiger partial charge in [0.2, 0.25) is 0 Å². The SMILES string of the molecule is COc1ccc(-c2cc3nc(CCSC)cc(=O)n3[nH]2)c(OC)c1. The highest BCUT2D eigenvalue weighted by molar-refractivity contribution is 7.98. The summed E-state index contributed by atoms with van der Waals surface area (Å²) in [6.07, 6.45) is 2.81. The number of H-pyrrole nitrogens is 1. The summed E-state index contributed by atoms with van der Waals surface area (Å²) in [4.78, 5) is 16.9. The van der Waals surface area contributed by atoms with Crippen LogP contribution < -0.4 is 15.0 Å². The van der Waals surface area contributed by atoms with Gasteiger partial charge in [0, 0.05) is 29.5 Å². The highest BCUT2D eigenvalue weighted by Gasteiger charge is 2.12. The molecule has 0 radical (unpaired) electrons. The van der Waals surface area contributed by atoms with Crippen LogP contribution in [0.1, 0.15) is 5.69 Å². The van der Waals surface area contributed by atoms with Crippen molar-refractivity contribution < 1.29 is 9.47 Å². The Balaban J connectivity index is 2.08. The number of aromatic nitrogens is 3. The molecule has 0 bridgehead atoms. The van der Waals surface area contributed by atoms with Crippen LogP contribution in [0.15, 0.2) is 35.1 Å².